The molecule has 1 atom stereocenters. The summed E-state index contributed by atoms with van der Waals surface area (Å²) in [5.74, 6) is 1.39. The van der Waals surface area contributed by atoms with Crippen molar-refractivity contribution < 1.29 is 19.1 Å². The molecule has 2 heterocycles. The van der Waals surface area contributed by atoms with Gasteiger partial charge < -0.3 is 20.5 Å². The number of hydrogen-bond acceptors (Lipinski definition) is 5. The fourth-order valence-electron chi connectivity index (χ4n) is 3.69. The van der Waals surface area contributed by atoms with Crippen molar-refractivity contribution in [2.75, 3.05) is 32.8 Å². The molecule has 1 aromatic rings. The van der Waals surface area contributed by atoms with E-state index in [2.05, 4.69) is 24.1 Å². The van der Waals surface area contributed by atoms with Gasteiger partial charge in [0.1, 0.15) is 13.2 Å². The van der Waals surface area contributed by atoms with Gasteiger partial charge in [-0.05, 0) is 49.5 Å². The van der Waals surface area contributed by atoms with E-state index in [-0.39, 0.29) is 29.7 Å². The molecule has 0 unspecified atom stereocenters. The zero-order valence-corrected chi connectivity index (χ0v) is 16.1. The molecule has 0 aliphatic carbocycles. The molecule has 7 heteroatoms. The summed E-state index contributed by atoms with van der Waals surface area (Å²) in [5.41, 5.74) is 6.38. The normalized spacial score (nSPS) is 18.9. The smallest absolute Gasteiger partial charge is 0.234 e. The number of piperidine rings is 1. The molecule has 0 aromatic heterocycles. The molecule has 1 aromatic carbocycles. The summed E-state index contributed by atoms with van der Waals surface area (Å²) in [6, 6.07) is 5.74. The maximum Gasteiger partial charge on any atom is 0.234 e. The largest absolute Gasteiger partial charge is 0.486 e. The van der Waals surface area contributed by atoms with Gasteiger partial charge >= 0.3 is 0 Å². The fraction of sp³-hybridized carbons (Fsp3) is 0.600. The maximum atomic E-state index is 12.6. The number of benzene rings is 1. The Morgan fingerprint density at radius 1 is 1.19 bits per heavy atom. The minimum atomic E-state index is -0.238. The Labute approximate surface area is 160 Å². The van der Waals surface area contributed by atoms with Crippen LogP contribution in [0.3, 0.4) is 0 Å². The number of carbonyl (C=O) groups is 2. The number of nitrogens with two attached hydrogens (primary N) is 1. The van der Waals surface area contributed by atoms with E-state index >= 15 is 0 Å². The highest BCUT2D eigenvalue weighted by Gasteiger charge is 2.26. The molecule has 27 heavy (non-hydrogen) atoms. The van der Waals surface area contributed by atoms with Crippen LogP contribution >= 0.6 is 0 Å². The topological polar surface area (TPSA) is 93.9 Å². The van der Waals surface area contributed by atoms with Gasteiger partial charge in [0, 0.05) is 5.92 Å². The van der Waals surface area contributed by atoms with Crippen LogP contribution in [0.2, 0.25) is 0 Å². The first-order valence-electron chi connectivity index (χ1n) is 9.64. The van der Waals surface area contributed by atoms with Crippen LogP contribution in [0.4, 0.5) is 0 Å². The summed E-state index contributed by atoms with van der Waals surface area (Å²) in [5, 5.41) is 3.15. The Morgan fingerprint density at radius 3 is 2.48 bits per heavy atom. The molecular weight excluding hydrogens is 346 g/mol. The third-order valence-corrected chi connectivity index (χ3v) is 5.27. The number of nitrogens with one attached hydrogen (secondary N) is 1. The average Bonchev–Trinajstić information content (AvgIpc) is 2.66. The van der Waals surface area contributed by atoms with Crippen LogP contribution in [-0.4, -0.2) is 49.6 Å². The van der Waals surface area contributed by atoms with Gasteiger partial charge in [-0.3, -0.25) is 14.5 Å². The number of hydrogen-bond donors (Lipinski definition) is 2. The molecule has 0 bridgehead atoms. The lowest BCUT2D eigenvalue weighted by Gasteiger charge is -2.31. The predicted molar refractivity (Wildman–Crippen MR) is 102 cm³/mol. The van der Waals surface area contributed by atoms with Crippen molar-refractivity contribution in [1.29, 1.82) is 0 Å². The molecule has 2 amide bonds. The predicted octanol–water partition coefficient (Wildman–Crippen LogP) is 1.47. The number of amides is 2. The summed E-state index contributed by atoms with van der Waals surface area (Å²) < 4.78 is 11.2. The van der Waals surface area contributed by atoms with Crippen molar-refractivity contribution in [3.05, 3.63) is 23.8 Å². The van der Waals surface area contributed by atoms with E-state index in [9.17, 15) is 9.59 Å². The average molecular weight is 375 g/mol. The lowest BCUT2D eigenvalue weighted by Crippen LogP contribution is -2.44. The first-order chi connectivity index (χ1) is 12.9. The monoisotopic (exact) mass is 375 g/mol. The molecular formula is C20H29N3O4. The molecule has 2 aliphatic heterocycles. The summed E-state index contributed by atoms with van der Waals surface area (Å²) >= 11 is 0. The van der Waals surface area contributed by atoms with Crippen LogP contribution in [0, 0.1) is 11.8 Å². The van der Waals surface area contributed by atoms with Crippen molar-refractivity contribution in [3.8, 4) is 11.5 Å². The second-order valence-corrected chi connectivity index (χ2v) is 7.65. The van der Waals surface area contributed by atoms with Crippen molar-refractivity contribution in [1.82, 2.24) is 10.2 Å². The lowest BCUT2D eigenvalue weighted by atomic mass is 9.95. The Hall–Kier alpha value is -2.28. The molecule has 3 rings (SSSR count). The highest BCUT2D eigenvalue weighted by Crippen LogP contribution is 2.34. The lowest BCUT2D eigenvalue weighted by molar-refractivity contribution is -0.124. The van der Waals surface area contributed by atoms with E-state index in [1.165, 1.54) is 0 Å². The third-order valence-electron chi connectivity index (χ3n) is 5.27. The first-order valence-corrected chi connectivity index (χ1v) is 9.64. The number of nitrogens with zero attached hydrogens (tertiary/aromatic N) is 1. The van der Waals surface area contributed by atoms with Crippen molar-refractivity contribution in [2.45, 2.75) is 32.7 Å². The van der Waals surface area contributed by atoms with E-state index in [4.69, 9.17) is 15.2 Å². The van der Waals surface area contributed by atoms with Crippen LogP contribution in [0.25, 0.3) is 0 Å². The zero-order chi connectivity index (χ0) is 19.4. The first kappa shape index (κ1) is 19.5. The SMILES string of the molecule is CC(C)[C@H](NC(=O)CN1CCC(C(N)=O)CC1)c1ccc2c(c1)OCCO2. The van der Waals surface area contributed by atoms with Gasteiger partial charge in [-0.2, -0.15) is 0 Å². The number of fused-ring (bicyclic) bond motifs is 1. The van der Waals surface area contributed by atoms with Crippen LogP contribution in [0.15, 0.2) is 18.2 Å². The number of primary amides is 1. The van der Waals surface area contributed by atoms with Gasteiger partial charge in [0.25, 0.3) is 0 Å². The molecule has 7 nitrogen and oxygen atoms in total. The van der Waals surface area contributed by atoms with Crippen molar-refractivity contribution >= 4 is 11.8 Å². The fourth-order valence-corrected chi connectivity index (χ4v) is 3.69. The molecule has 2 aliphatic rings. The minimum absolute atomic E-state index is 0.0129. The van der Waals surface area contributed by atoms with Crippen molar-refractivity contribution in [2.24, 2.45) is 17.6 Å². The number of carbonyl (C=O) groups excluding carboxylic acids is 2. The Kier molecular flexibility index (Phi) is 6.21. The highest BCUT2D eigenvalue weighted by molar-refractivity contribution is 5.79. The van der Waals surface area contributed by atoms with Gasteiger partial charge in [0.05, 0.1) is 12.6 Å². The molecule has 1 saturated heterocycles. The zero-order valence-electron chi connectivity index (χ0n) is 16.1. The third kappa shape index (κ3) is 4.91. The number of likely N-dealkylation sites (tertiary alicyclic amines) is 1. The Balaban J connectivity index is 1.60. The van der Waals surface area contributed by atoms with Gasteiger partial charge in [0.2, 0.25) is 11.8 Å². The van der Waals surface area contributed by atoms with E-state index < -0.39 is 0 Å². The van der Waals surface area contributed by atoms with Crippen molar-refractivity contribution in [3.63, 3.8) is 0 Å². The van der Waals surface area contributed by atoms with Gasteiger partial charge in [-0.25, -0.2) is 0 Å². The van der Waals surface area contributed by atoms with E-state index in [0.29, 0.717) is 19.8 Å². The molecule has 0 spiro atoms. The number of rotatable bonds is 6. The second-order valence-electron chi connectivity index (χ2n) is 7.65. The Morgan fingerprint density at radius 2 is 1.85 bits per heavy atom. The van der Waals surface area contributed by atoms with Crippen LogP contribution in [-0.2, 0) is 9.59 Å². The van der Waals surface area contributed by atoms with Gasteiger partial charge in [-0.1, -0.05) is 19.9 Å². The molecule has 148 valence electrons. The van der Waals surface area contributed by atoms with E-state index in [1.54, 1.807) is 0 Å². The quantitative estimate of drug-likeness (QED) is 0.785. The summed E-state index contributed by atoms with van der Waals surface area (Å²) in [4.78, 5) is 26.0. The summed E-state index contributed by atoms with van der Waals surface area (Å²) in [7, 11) is 0. The van der Waals surface area contributed by atoms with Crippen LogP contribution < -0.4 is 20.5 Å². The standard InChI is InChI=1S/C20H29N3O4/c1-13(2)19(15-3-4-16-17(11-15)27-10-9-26-16)22-18(24)12-23-7-5-14(6-8-23)20(21)25/h3-4,11,13-14,19H,5-10,12H2,1-2H3,(H2,21,25)(H,22,24)/t19-/m0/s1. The van der Waals surface area contributed by atoms with Gasteiger partial charge in [0.15, 0.2) is 11.5 Å². The second kappa shape index (κ2) is 8.61. The Bertz CT molecular complexity index is 684. The molecule has 1 fully saturated rings. The van der Waals surface area contributed by atoms with Crippen LogP contribution in [0.5, 0.6) is 11.5 Å². The van der Waals surface area contributed by atoms with E-state index in [0.717, 1.165) is 43.0 Å². The van der Waals surface area contributed by atoms with E-state index in [1.807, 2.05) is 18.2 Å². The summed E-state index contributed by atoms with van der Waals surface area (Å²) in [6.07, 6.45) is 1.44. The van der Waals surface area contributed by atoms with Gasteiger partial charge in [-0.15, -0.1) is 0 Å². The molecule has 3 N–H and O–H groups in total. The number of ether oxygens (including phenoxy) is 2. The molecule has 0 radical (unpaired) electrons. The molecule has 0 saturated carbocycles. The summed E-state index contributed by atoms with van der Waals surface area (Å²) in [6.45, 7) is 7.04. The minimum Gasteiger partial charge on any atom is -0.486 e. The van der Waals surface area contributed by atoms with Crippen LogP contribution in [0.1, 0.15) is 38.3 Å². The maximum absolute atomic E-state index is 12.6. The highest BCUT2D eigenvalue weighted by atomic mass is 16.6.